The van der Waals surface area contributed by atoms with Crippen LogP contribution in [0.4, 0.5) is 15.8 Å². The Morgan fingerprint density at radius 1 is 1.24 bits per heavy atom. The second kappa shape index (κ2) is 6.52. The van der Waals surface area contributed by atoms with Crippen molar-refractivity contribution in [2.45, 2.75) is 6.92 Å². The van der Waals surface area contributed by atoms with E-state index in [-0.39, 0.29) is 17.2 Å². The number of nitro benzene ring substituents is 1. The van der Waals surface area contributed by atoms with Crippen molar-refractivity contribution in [1.82, 2.24) is 5.16 Å². The van der Waals surface area contributed by atoms with Crippen molar-refractivity contribution in [2.75, 3.05) is 5.32 Å². The standard InChI is InChI=1S/C17H12FN3O4/c1-10-13(3-2-4-15(10)21(23)24)19-17(22)14-9-16(25-20-14)11-5-7-12(18)8-6-11/h2-9H,1H3,(H,19,22). The van der Waals surface area contributed by atoms with Gasteiger partial charge in [-0.1, -0.05) is 11.2 Å². The first kappa shape index (κ1) is 16.3. The largest absolute Gasteiger partial charge is 0.355 e. The number of rotatable bonds is 4. The lowest BCUT2D eigenvalue weighted by Crippen LogP contribution is -2.13. The highest BCUT2D eigenvalue weighted by atomic mass is 19.1. The van der Waals surface area contributed by atoms with Gasteiger partial charge in [0, 0.05) is 17.7 Å². The molecule has 0 fully saturated rings. The van der Waals surface area contributed by atoms with E-state index in [2.05, 4.69) is 10.5 Å². The van der Waals surface area contributed by atoms with Crippen molar-refractivity contribution in [3.05, 3.63) is 75.7 Å². The monoisotopic (exact) mass is 341 g/mol. The summed E-state index contributed by atoms with van der Waals surface area (Å²) < 4.78 is 18.0. The molecule has 0 unspecified atom stereocenters. The second-order valence-corrected chi connectivity index (χ2v) is 5.24. The van der Waals surface area contributed by atoms with Crippen LogP contribution in [0.5, 0.6) is 0 Å². The first-order valence-corrected chi connectivity index (χ1v) is 7.23. The highest BCUT2D eigenvalue weighted by molar-refractivity contribution is 6.03. The number of hydrogen-bond donors (Lipinski definition) is 1. The van der Waals surface area contributed by atoms with E-state index < -0.39 is 10.8 Å². The smallest absolute Gasteiger partial charge is 0.277 e. The number of amides is 1. The Kier molecular flexibility index (Phi) is 4.25. The van der Waals surface area contributed by atoms with Gasteiger partial charge in [-0.25, -0.2) is 4.39 Å². The van der Waals surface area contributed by atoms with E-state index in [0.29, 0.717) is 22.6 Å². The summed E-state index contributed by atoms with van der Waals surface area (Å²) in [7, 11) is 0. The molecular weight excluding hydrogens is 329 g/mol. The summed E-state index contributed by atoms with van der Waals surface area (Å²) in [6.07, 6.45) is 0. The van der Waals surface area contributed by atoms with Gasteiger partial charge in [-0.05, 0) is 37.3 Å². The van der Waals surface area contributed by atoms with Crippen LogP contribution in [0, 0.1) is 22.9 Å². The predicted molar refractivity (Wildman–Crippen MR) is 87.7 cm³/mol. The molecule has 8 heteroatoms. The lowest BCUT2D eigenvalue weighted by atomic mass is 10.1. The van der Waals surface area contributed by atoms with Crippen LogP contribution in [-0.2, 0) is 0 Å². The maximum absolute atomic E-state index is 12.9. The molecule has 3 aromatic rings. The zero-order chi connectivity index (χ0) is 18.0. The highest BCUT2D eigenvalue weighted by Crippen LogP contribution is 2.26. The van der Waals surface area contributed by atoms with Crippen molar-refractivity contribution < 1.29 is 18.6 Å². The van der Waals surface area contributed by atoms with Crippen LogP contribution in [0.15, 0.2) is 53.1 Å². The van der Waals surface area contributed by atoms with Gasteiger partial charge in [0.1, 0.15) is 5.82 Å². The van der Waals surface area contributed by atoms with Crippen LogP contribution >= 0.6 is 0 Å². The molecule has 0 spiro atoms. The molecule has 0 aliphatic rings. The number of carbonyl (C=O) groups is 1. The number of nitrogens with zero attached hydrogens (tertiary/aromatic N) is 2. The van der Waals surface area contributed by atoms with Crippen molar-refractivity contribution in [2.24, 2.45) is 0 Å². The van der Waals surface area contributed by atoms with Gasteiger partial charge in [0.05, 0.1) is 16.2 Å². The van der Waals surface area contributed by atoms with E-state index in [1.54, 1.807) is 13.0 Å². The Morgan fingerprint density at radius 3 is 2.64 bits per heavy atom. The van der Waals surface area contributed by atoms with Gasteiger partial charge < -0.3 is 9.84 Å². The Hall–Kier alpha value is -3.55. The maximum atomic E-state index is 12.9. The number of nitrogens with one attached hydrogen (secondary N) is 1. The third-order valence-electron chi connectivity index (χ3n) is 3.62. The number of anilines is 1. The van der Waals surface area contributed by atoms with Gasteiger partial charge in [-0.2, -0.15) is 0 Å². The molecule has 0 radical (unpaired) electrons. The highest BCUT2D eigenvalue weighted by Gasteiger charge is 2.18. The molecule has 0 aliphatic carbocycles. The Balaban J connectivity index is 1.82. The molecule has 0 bridgehead atoms. The number of aromatic nitrogens is 1. The zero-order valence-corrected chi connectivity index (χ0v) is 13.0. The quantitative estimate of drug-likeness (QED) is 0.572. The Bertz CT molecular complexity index is 951. The van der Waals surface area contributed by atoms with Crippen LogP contribution in [0.3, 0.4) is 0 Å². The maximum Gasteiger partial charge on any atom is 0.277 e. The Morgan fingerprint density at radius 2 is 1.96 bits per heavy atom. The fraction of sp³-hybridized carbons (Fsp3) is 0.0588. The van der Waals surface area contributed by atoms with Gasteiger partial charge in [0.25, 0.3) is 11.6 Å². The lowest BCUT2D eigenvalue weighted by molar-refractivity contribution is -0.385. The minimum Gasteiger partial charge on any atom is -0.355 e. The molecule has 1 amide bonds. The fourth-order valence-electron chi connectivity index (χ4n) is 2.28. The number of halogens is 1. The molecule has 2 aromatic carbocycles. The van der Waals surface area contributed by atoms with Crippen LogP contribution < -0.4 is 5.32 Å². The number of hydrogen-bond acceptors (Lipinski definition) is 5. The van der Waals surface area contributed by atoms with E-state index in [1.165, 1.54) is 42.5 Å². The van der Waals surface area contributed by atoms with Crippen LogP contribution in [0.1, 0.15) is 16.1 Å². The van der Waals surface area contributed by atoms with Crippen LogP contribution in [0.25, 0.3) is 11.3 Å². The summed E-state index contributed by atoms with van der Waals surface area (Å²) in [6.45, 7) is 1.54. The molecule has 7 nitrogen and oxygen atoms in total. The molecular formula is C17H12FN3O4. The molecule has 1 aromatic heterocycles. The molecule has 126 valence electrons. The SMILES string of the molecule is Cc1c(NC(=O)c2cc(-c3ccc(F)cc3)on2)cccc1[N+](=O)[O-]. The molecule has 0 atom stereocenters. The van der Waals surface area contributed by atoms with Crippen LogP contribution in [0.2, 0.25) is 0 Å². The van der Waals surface area contributed by atoms with Gasteiger partial charge in [0.15, 0.2) is 11.5 Å². The summed E-state index contributed by atoms with van der Waals surface area (Å²) in [6, 6.07) is 11.3. The summed E-state index contributed by atoms with van der Waals surface area (Å²) in [5, 5.41) is 17.2. The minimum atomic E-state index is -0.569. The summed E-state index contributed by atoms with van der Waals surface area (Å²) in [5.41, 5.74) is 1.13. The number of carbonyl (C=O) groups excluding carboxylic acids is 1. The van der Waals surface area contributed by atoms with Gasteiger partial charge in [-0.3, -0.25) is 14.9 Å². The first-order chi connectivity index (χ1) is 12.0. The normalized spacial score (nSPS) is 10.5. The molecule has 25 heavy (non-hydrogen) atoms. The Labute approximate surface area is 141 Å². The summed E-state index contributed by atoms with van der Waals surface area (Å²) >= 11 is 0. The molecule has 0 aliphatic heterocycles. The van der Waals surface area contributed by atoms with E-state index >= 15 is 0 Å². The molecule has 0 saturated heterocycles. The van der Waals surface area contributed by atoms with Crippen molar-refractivity contribution >= 4 is 17.3 Å². The van der Waals surface area contributed by atoms with Crippen molar-refractivity contribution in [3.63, 3.8) is 0 Å². The van der Waals surface area contributed by atoms with E-state index in [4.69, 9.17) is 4.52 Å². The second-order valence-electron chi connectivity index (χ2n) is 5.24. The van der Waals surface area contributed by atoms with E-state index in [1.807, 2.05) is 0 Å². The molecule has 1 heterocycles. The zero-order valence-electron chi connectivity index (χ0n) is 13.0. The van der Waals surface area contributed by atoms with Crippen LogP contribution in [-0.4, -0.2) is 16.0 Å². The fourth-order valence-corrected chi connectivity index (χ4v) is 2.28. The van der Waals surface area contributed by atoms with E-state index in [0.717, 1.165) is 0 Å². The molecule has 1 N–H and O–H groups in total. The van der Waals surface area contributed by atoms with Crippen molar-refractivity contribution in [1.29, 1.82) is 0 Å². The average Bonchev–Trinajstić information content (AvgIpc) is 3.07. The predicted octanol–water partition coefficient (Wildman–Crippen LogP) is 3.95. The topological polar surface area (TPSA) is 98.3 Å². The lowest BCUT2D eigenvalue weighted by Gasteiger charge is -2.06. The summed E-state index contributed by atoms with van der Waals surface area (Å²) in [4.78, 5) is 22.7. The molecule has 0 saturated carbocycles. The number of nitro groups is 1. The minimum absolute atomic E-state index is 0.00484. The third kappa shape index (κ3) is 3.37. The summed E-state index contributed by atoms with van der Waals surface area (Å²) in [5.74, 6) is -0.649. The molecule has 3 rings (SSSR count). The van der Waals surface area contributed by atoms with Gasteiger partial charge >= 0.3 is 0 Å². The van der Waals surface area contributed by atoms with E-state index in [9.17, 15) is 19.3 Å². The van der Waals surface area contributed by atoms with Gasteiger partial charge in [0.2, 0.25) is 0 Å². The third-order valence-corrected chi connectivity index (χ3v) is 3.62. The average molecular weight is 341 g/mol. The number of benzene rings is 2. The van der Waals surface area contributed by atoms with Gasteiger partial charge in [-0.15, -0.1) is 0 Å². The first-order valence-electron chi connectivity index (χ1n) is 7.23. The van der Waals surface area contributed by atoms with Crippen molar-refractivity contribution in [3.8, 4) is 11.3 Å².